The molecule has 0 spiro atoms. The fourth-order valence-corrected chi connectivity index (χ4v) is 4.51. The highest BCUT2D eigenvalue weighted by molar-refractivity contribution is 9.11. The van der Waals surface area contributed by atoms with E-state index in [1.165, 1.54) is 6.92 Å². The van der Waals surface area contributed by atoms with Gasteiger partial charge in [-0.15, -0.1) is 0 Å². The highest BCUT2D eigenvalue weighted by Crippen LogP contribution is 2.35. The van der Waals surface area contributed by atoms with Crippen molar-refractivity contribution in [2.75, 3.05) is 12.8 Å². The van der Waals surface area contributed by atoms with E-state index in [2.05, 4.69) is 26.2 Å². The van der Waals surface area contributed by atoms with Crippen molar-refractivity contribution in [2.45, 2.75) is 38.8 Å². The van der Waals surface area contributed by atoms with Crippen LogP contribution in [0, 0.1) is 11.6 Å². The van der Waals surface area contributed by atoms with E-state index in [0.29, 0.717) is 0 Å². The summed E-state index contributed by atoms with van der Waals surface area (Å²) >= 11 is 2.56. The molecule has 1 aromatic rings. The van der Waals surface area contributed by atoms with Gasteiger partial charge in [-0.1, -0.05) is 0 Å². The number of benzene rings is 1. The SMILES string of the molecule is CN1C(NC(=O)OC(C)(C)C)=N[C@](C)(c2cc(/C=C(/F)Br)cc(F)c2F)CS1(=O)=O. The average Bonchev–Trinajstić information content (AvgIpc) is 2.52. The van der Waals surface area contributed by atoms with Gasteiger partial charge in [0.05, 0.1) is 5.75 Å². The summed E-state index contributed by atoms with van der Waals surface area (Å²) in [6, 6.07) is 1.85. The van der Waals surface area contributed by atoms with Crippen molar-refractivity contribution in [3.05, 3.63) is 39.6 Å². The van der Waals surface area contributed by atoms with E-state index in [-0.39, 0.29) is 5.56 Å². The van der Waals surface area contributed by atoms with Crippen LogP contribution in [0.15, 0.2) is 21.9 Å². The van der Waals surface area contributed by atoms with E-state index in [0.717, 1.165) is 29.6 Å². The molecule has 0 aromatic heterocycles. The van der Waals surface area contributed by atoms with Gasteiger partial charge in [0.1, 0.15) is 11.1 Å². The Balaban J connectivity index is 2.61. The standard InChI is InChI=1S/C18H21BrF3N3O4S/c1-17(2,3)29-16(26)23-15-24-18(4,9-30(27,28)25(15)5)11-6-10(8-13(19)21)7-12(20)14(11)22/h6-8H,9H2,1-5H3,(H,23,24,26)/b13-8+/t18-/m0/s1. The van der Waals surface area contributed by atoms with Crippen molar-refractivity contribution in [3.8, 4) is 0 Å². The first-order chi connectivity index (χ1) is 13.5. The molecule has 0 unspecified atom stereocenters. The zero-order valence-electron chi connectivity index (χ0n) is 16.9. The summed E-state index contributed by atoms with van der Waals surface area (Å²) in [4.78, 5) is 16.3. The second-order valence-corrected chi connectivity index (χ2v) is 10.6. The van der Waals surface area contributed by atoms with Crippen LogP contribution in [0.1, 0.15) is 38.8 Å². The molecule has 12 heteroatoms. The van der Waals surface area contributed by atoms with Crippen LogP contribution >= 0.6 is 15.9 Å². The molecule has 1 aliphatic heterocycles. The Bertz CT molecular complexity index is 1030. The molecule has 1 aliphatic rings. The lowest BCUT2D eigenvalue weighted by molar-refractivity contribution is 0.0559. The van der Waals surface area contributed by atoms with Gasteiger partial charge in [0.15, 0.2) is 16.4 Å². The maximum absolute atomic E-state index is 14.6. The molecule has 0 radical (unpaired) electrons. The van der Waals surface area contributed by atoms with E-state index in [1.54, 1.807) is 20.8 Å². The topological polar surface area (TPSA) is 88.1 Å². The van der Waals surface area contributed by atoms with Crippen LogP contribution in [-0.2, 0) is 20.3 Å². The van der Waals surface area contributed by atoms with Gasteiger partial charge in [0.25, 0.3) is 0 Å². The predicted octanol–water partition coefficient (Wildman–Crippen LogP) is 4.00. The second kappa shape index (κ2) is 8.22. The van der Waals surface area contributed by atoms with Crippen LogP contribution in [0.2, 0.25) is 0 Å². The summed E-state index contributed by atoms with van der Waals surface area (Å²) in [5.41, 5.74) is -3.14. The Kier molecular flexibility index (Phi) is 6.62. The predicted molar refractivity (Wildman–Crippen MR) is 110 cm³/mol. The molecule has 0 saturated heterocycles. The van der Waals surface area contributed by atoms with Crippen molar-refractivity contribution < 1.29 is 31.1 Å². The fourth-order valence-electron chi connectivity index (χ4n) is 2.77. The Hall–Kier alpha value is -2.08. The molecular formula is C18H21BrF3N3O4S. The van der Waals surface area contributed by atoms with E-state index in [1.807, 2.05) is 0 Å². The lowest BCUT2D eigenvalue weighted by atomic mass is 9.92. The largest absolute Gasteiger partial charge is 0.444 e. The number of alkyl carbamates (subject to hydrolysis) is 1. The third-order valence-electron chi connectivity index (χ3n) is 4.05. The lowest BCUT2D eigenvalue weighted by Gasteiger charge is -2.36. The summed E-state index contributed by atoms with van der Waals surface area (Å²) in [5.74, 6) is -3.77. The van der Waals surface area contributed by atoms with Crippen LogP contribution in [0.4, 0.5) is 18.0 Å². The summed E-state index contributed by atoms with van der Waals surface area (Å²) in [5, 5.41) is 2.23. The number of sulfonamides is 1. The van der Waals surface area contributed by atoms with Gasteiger partial charge < -0.3 is 4.74 Å². The summed E-state index contributed by atoms with van der Waals surface area (Å²) in [6.45, 7) is 6.10. The molecule has 1 aromatic carbocycles. The van der Waals surface area contributed by atoms with E-state index in [4.69, 9.17) is 4.74 Å². The van der Waals surface area contributed by atoms with Crippen LogP contribution < -0.4 is 5.32 Å². The number of carbonyl (C=O) groups is 1. The number of halogens is 4. The molecule has 30 heavy (non-hydrogen) atoms. The van der Waals surface area contributed by atoms with Crippen molar-refractivity contribution in [1.82, 2.24) is 9.62 Å². The highest BCUT2D eigenvalue weighted by Gasteiger charge is 2.43. The monoisotopic (exact) mass is 511 g/mol. The first-order valence-corrected chi connectivity index (χ1v) is 11.0. The van der Waals surface area contributed by atoms with Crippen LogP contribution in [0.3, 0.4) is 0 Å². The van der Waals surface area contributed by atoms with Gasteiger partial charge in [0.2, 0.25) is 16.0 Å². The molecule has 0 saturated carbocycles. The zero-order valence-corrected chi connectivity index (χ0v) is 19.3. The van der Waals surface area contributed by atoms with Crippen molar-refractivity contribution >= 4 is 44.1 Å². The minimum Gasteiger partial charge on any atom is -0.444 e. The highest BCUT2D eigenvalue weighted by atomic mass is 79.9. The summed E-state index contributed by atoms with van der Waals surface area (Å²) in [7, 11) is -2.92. The van der Waals surface area contributed by atoms with Gasteiger partial charge in [-0.25, -0.2) is 31.3 Å². The molecule has 1 N–H and O–H groups in total. The zero-order chi connectivity index (χ0) is 23.1. The second-order valence-electron chi connectivity index (χ2n) is 7.86. The lowest BCUT2D eigenvalue weighted by Crippen LogP contribution is -2.54. The molecule has 0 fully saturated rings. The number of ether oxygens (including phenoxy) is 1. The quantitative estimate of drug-likeness (QED) is 0.649. The van der Waals surface area contributed by atoms with Gasteiger partial charge in [-0.2, -0.15) is 4.39 Å². The van der Waals surface area contributed by atoms with E-state index in [9.17, 15) is 26.4 Å². The Morgan fingerprint density at radius 1 is 1.37 bits per heavy atom. The minimum atomic E-state index is -4.08. The number of hydrogen-bond acceptors (Lipinski definition) is 5. The number of guanidine groups is 1. The average molecular weight is 512 g/mol. The Labute approximate surface area is 181 Å². The van der Waals surface area contributed by atoms with E-state index < -0.39 is 60.9 Å². The van der Waals surface area contributed by atoms with Crippen molar-refractivity contribution in [3.63, 3.8) is 0 Å². The van der Waals surface area contributed by atoms with Gasteiger partial charge >= 0.3 is 6.09 Å². The first-order valence-electron chi connectivity index (χ1n) is 8.63. The molecule has 1 atom stereocenters. The number of hydrogen-bond donors (Lipinski definition) is 1. The number of aliphatic imine (C=N–C) groups is 1. The third-order valence-corrected chi connectivity index (χ3v) is 6.21. The molecular weight excluding hydrogens is 491 g/mol. The summed E-state index contributed by atoms with van der Waals surface area (Å²) < 4.78 is 72.2. The number of nitrogens with one attached hydrogen (secondary N) is 1. The number of rotatable bonds is 2. The third kappa shape index (κ3) is 5.54. The molecule has 166 valence electrons. The Morgan fingerprint density at radius 3 is 2.50 bits per heavy atom. The molecule has 2 rings (SSSR count). The fraction of sp³-hybridized carbons (Fsp3) is 0.444. The maximum atomic E-state index is 14.6. The number of nitrogens with zero attached hydrogens (tertiary/aromatic N) is 2. The minimum absolute atomic E-state index is 0.0484. The number of amides is 1. The van der Waals surface area contributed by atoms with Crippen molar-refractivity contribution in [2.24, 2.45) is 4.99 Å². The van der Waals surface area contributed by atoms with Gasteiger partial charge in [0, 0.05) is 12.6 Å². The van der Waals surface area contributed by atoms with Gasteiger partial charge in [-0.3, -0.25) is 5.32 Å². The van der Waals surface area contributed by atoms with Crippen molar-refractivity contribution in [1.29, 1.82) is 0 Å². The molecule has 7 nitrogen and oxygen atoms in total. The Morgan fingerprint density at radius 2 is 1.97 bits per heavy atom. The molecule has 0 bridgehead atoms. The normalized spacial score (nSPS) is 21.8. The molecule has 1 amide bonds. The van der Waals surface area contributed by atoms with Crippen LogP contribution in [0.5, 0.6) is 0 Å². The number of carbonyl (C=O) groups excluding carboxylic acids is 1. The first kappa shape index (κ1) is 24.2. The van der Waals surface area contributed by atoms with Gasteiger partial charge in [-0.05, 0) is 67.4 Å². The van der Waals surface area contributed by atoms with Crippen LogP contribution in [-0.4, -0.2) is 43.2 Å². The summed E-state index contributed by atoms with van der Waals surface area (Å²) in [6.07, 6.45) is -0.0835. The van der Waals surface area contributed by atoms with E-state index >= 15 is 0 Å². The van der Waals surface area contributed by atoms with Crippen LogP contribution in [0.25, 0.3) is 6.08 Å². The maximum Gasteiger partial charge on any atom is 0.414 e. The smallest absolute Gasteiger partial charge is 0.414 e. The molecule has 1 heterocycles. The molecule has 0 aliphatic carbocycles.